The molecule has 0 aromatic rings. The summed E-state index contributed by atoms with van der Waals surface area (Å²) in [5.41, 5.74) is 0. The third kappa shape index (κ3) is 2.98. The molecule has 0 amide bonds. The van der Waals surface area contributed by atoms with Crippen molar-refractivity contribution in [2.75, 3.05) is 6.61 Å². The number of carboxylic acids is 1. The topological polar surface area (TPSA) is 46.5 Å². The highest BCUT2D eigenvalue weighted by Crippen LogP contribution is 2.37. The van der Waals surface area contributed by atoms with Crippen LogP contribution in [-0.4, -0.2) is 23.8 Å². The van der Waals surface area contributed by atoms with Gasteiger partial charge < -0.3 is 9.84 Å². The zero-order chi connectivity index (χ0) is 9.97. The molecular weight excluding hydrogens is 180 g/mol. The number of aliphatic carboxylic acids is 1. The summed E-state index contributed by atoms with van der Waals surface area (Å²) in [4.78, 5) is 10.6. The van der Waals surface area contributed by atoms with Crippen molar-refractivity contribution < 1.29 is 14.6 Å². The van der Waals surface area contributed by atoms with Crippen LogP contribution in [0, 0.1) is 11.8 Å². The molecule has 0 radical (unpaired) electrons. The molecule has 1 unspecified atom stereocenters. The molecular formula is C11H18O3. The van der Waals surface area contributed by atoms with E-state index in [0.29, 0.717) is 18.4 Å². The Kier molecular flexibility index (Phi) is 3.06. The maximum atomic E-state index is 10.6. The summed E-state index contributed by atoms with van der Waals surface area (Å²) in [7, 11) is 0. The fourth-order valence-corrected chi connectivity index (χ4v) is 2.28. The molecule has 14 heavy (non-hydrogen) atoms. The van der Waals surface area contributed by atoms with E-state index in [9.17, 15) is 4.79 Å². The summed E-state index contributed by atoms with van der Waals surface area (Å²) in [6, 6.07) is 0. The molecule has 2 atom stereocenters. The van der Waals surface area contributed by atoms with E-state index in [1.54, 1.807) is 0 Å². The first-order chi connectivity index (χ1) is 6.74. The molecule has 2 fully saturated rings. The molecule has 1 aliphatic carbocycles. The van der Waals surface area contributed by atoms with Gasteiger partial charge in [0.15, 0.2) is 0 Å². The van der Waals surface area contributed by atoms with E-state index in [4.69, 9.17) is 9.84 Å². The van der Waals surface area contributed by atoms with E-state index in [-0.39, 0.29) is 0 Å². The van der Waals surface area contributed by atoms with Gasteiger partial charge in [0.05, 0.1) is 6.10 Å². The third-order valence-corrected chi connectivity index (χ3v) is 3.23. The van der Waals surface area contributed by atoms with Gasteiger partial charge in [0.25, 0.3) is 0 Å². The molecule has 0 aromatic heterocycles. The first-order valence-electron chi connectivity index (χ1n) is 5.57. The van der Waals surface area contributed by atoms with Crippen molar-refractivity contribution in [2.24, 2.45) is 11.8 Å². The summed E-state index contributed by atoms with van der Waals surface area (Å²) in [5, 5.41) is 8.71. The van der Waals surface area contributed by atoms with Crippen LogP contribution in [0.4, 0.5) is 0 Å². The lowest BCUT2D eigenvalue weighted by atomic mass is 9.90. The zero-order valence-electron chi connectivity index (χ0n) is 8.45. The van der Waals surface area contributed by atoms with Crippen LogP contribution in [0.2, 0.25) is 0 Å². The van der Waals surface area contributed by atoms with Crippen molar-refractivity contribution >= 4 is 5.97 Å². The van der Waals surface area contributed by atoms with Gasteiger partial charge in [-0.2, -0.15) is 0 Å². The van der Waals surface area contributed by atoms with Crippen LogP contribution in [0.25, 0.3) is 0 Å². The van der Waals surface area contributed by atoms with Crippen LogP contribution in [0.1, 0.15) is 38.5 Å². The minimum atomic E-state index is -0.665. The van der Waals surface area contributed by atoms with Gasteiger partial charge in [-0.05, 0) is 31.1 Å². The molecule has 1 N–H and O–H groups in total. The molecule has 1 saturated carbocycles. The molecule has 3 nitrogen and oxygen atoms in total. The van der Waals surface area contributed by atoms with E-state index in [2.05, 4.69) is 0 Å². The monoisotopic (exact) mass is 198 g/mol. The second-order valence-electron chi connectivity index (χ2n) is 4.66. The number of hydrogen-bond donors (Lipinski definition) is 1. The Morgan fingerprint density at radius 1 is 1.29 bits per heavy atom. The molecule has 1 aliphatic heterocycles. The second-order valence-corrected chi connectivity index (χ2v) is 4.66. The minimum Gasteiger partial charge on any atom is -0.481 e. The third-order valence-electron chi connectivity index (χ3n) is 3.23. The van der Waals surface area contributed by atoms with Gasteiger partial charge in [-0.1, -0.05) is 12.8 Å². The predicted molar refractivity (Wildman–Crippen MR) is 52.1 cm³/mol. The summed E-state index contributed by atoms with van der Waals surface area (Å²) in [6.07, 6.45) is 6.42. The van der Waals surface area contributed by atoms with Crippen LogP contribution in [0.5, 0.6) is 0 Å². The number of carbonyl (C=O) groups is 1. The van der Waals surface area contributed by atoms with Gasteiger partial charge in [0.2, 0.25) is 0 Å². The van der Waals surface area contributed by atoms with E-state index < -0.39 is 5.97 Å². The lowest BCUT2D eigenvalue weighted by Crippen LogP contribution is -2.27. The fourth-order valence-electron chi connectivity index (χ4n) is 2.28. The normalized spacial score (nSPS) is 32.9. The molecule has 0 aromatic carbocycles. The lowest BCUT2D eigenvalue weighted by molar-refractivity contribution is -0.139. The van der Waals surface area contributed by atoms with Gasteiger partial charge >= 0.3 is 5.97 Å². The molecule has 2 aliphatic rings. The largest absolute Gasteiger partial charge is 0.481 e. The number of hydrogen-bond acceptors (Lipinski definition) is 2. The van der Waals surface area contributed by atoms with Gasteiger partial charge in [0, 0.05) is 13.0 Å². The first kappa shape index (κ1) is 9.97. The number of carboxylic acid groups (broad SMARTS) is 1. The highest BCUT2D eigenvalue weighted by molar-refractivity contribution is 5.67. The molecule has 0 spiro atoms. The fraction of sp³-hybridized carbons (Fsp3) is 0.909. The molecule has 3 heteroatoms. The van der Waals surface area contributed by atoms with E-state index in [1.807, 2.05) is 0 Å². The minimum absolute atomic E-state index is 0.324. The van der Waals surface area contributed by atoms with E-state index >= 15 is 0 Å². The van der Waals surface area contributed by atoms with Crippen molar-refractivity contribution in [3.05, 3.63) is 0 Å². The summed E-state index contributed by atoms with van der Waals surface area (Å²) in [5.74, 6) is 0.565. The quantitative estimate of drug-likeness (QED) is 0.752. The Hall–Kier alpha value is -0.570. The van der Waals surface area contributed by atoms with Gasteiger partial charge in [-0.3, -0.25) is 4.79 Å². The molecule has 80 valence electrons. The van der Waals surface area contributed by atoms with E-state index in [0.717, 1.165) is 31.8 Å². The Bertz CT molecular complexity index is 211. The average Bonchev–Trinajstić information content (AvgIpc) is 2.87. The van der Waals surface area contributed by atoms with Crippen molar-refractivity contribution in [3.63, 3.8) is 0 Å². The molecule has 1 saturated heterocycles. The first-order valence-corrected chi connectivity index (χ1v) is 5.57. The smallest absolute Gasteiger partial charge is 0.303 e. The Morgan fingerprint density at radius 3 is 2.71 bits per heavy atom. The van der Waals surface area contributed by atoms with Gasteiger partial charge in [0.1, 0.15) is 0 Å². The Morgan fingerprint density at radius 2 is 2.07 bits per heavy atom. The van der Waals surface area contributed by atoms with Crippen molar-refractivity contribution in [1.82, 2.24) is 0 Å². The van der Waals surface area contributed by atoms with Gasteiger partial charge in [-0.25, -0.2) is 0 Å². The summed E-state index contributed by atoms with van der Waals surface area (Å²) in [6.45, 7) is 0.759. The molecule has 2 rings (SSSR count). The van der Waals surface area contributed by atoms with Crippen LogP contribution >= 0.6 is 0 Å². The van der Waals surface area contributed by atoms with Crippen LogP contribution in [0.3, 0.4) is 0 Å². The predicted octanol–water partition coefficient (Wildman–Crippen LogP) is 2.06. The van der Waals surface area contributed by atoms with Crippen molar-refractivity contribution in [2.45, 2.75) is 44.6 Å². The Balaban J connectivity index is 1.74. The van der Waals surface area contributed by atoms with Crippen LogP contribution in [-0.2, 0) is 9.53 Å². The summed E-state index contributed by atoms with van der Waals surface area (Å²) >= 11 is 0. The van der Waals surface area contributed by atoms with Crippen molar-refractivity contribution in [1.29, 1.82) is 0 Å². The van der Waals surface area contributed by atoms with Crippen LogP contribution in [0.15, 0.2) is 0 Å². The highest BCUT2D eigenvalue weighted by Gasteiger charge is 2.30. The zero-order valence-corrected chi connectivity index (χ0v) is 8.45. The second kappa shape index (κ2) is 4.30. The van der Waals surface area contributed by atoms with E-state index in [1.165, 1.54) is 12.8 Å². The number of ether oxygens (including phenoxy) is 1. The highest BCUT2D eigenvalue weighted by atomic mass is 16.5. The SMILES string of the molecule is O=C(O)C[C@@H]1CCOC(CC2CC2)C1. The van der Waals surface area contributed by atoms with Crippen molar-refractivity contribution in [3.8, 4) is 0 Å². The van der Waals surface area contributed by atoms with Gasteiger partial charge in [-0.15, -0.1) is 0 Å². The Labute approximate surface area is 84.4 Å². The average molecular weight is 198 g/mol. The summed E-state index contributed by atoms with van der Waals surface area (Å²) < 4.78 is 5.65. The maximum Gasteiger partial charge on any atom is 0.303 e. The number of rotatable bonds is 4. The standard InChI is InChI=1S/C11H18O3/c12-11(13)7-9-3-4-14-10(6-9)5-8-1-2-8/h8-10H,1-7H2,(H,12,13)/t9-,10?/m1/s1. The maximum absolute atomic E-state index is 10.6. The lowest BCUT2D eigenvalue weighted by Gasteiger charge is -2.28. The molecule has 1 heterocycles. The molecule has 0 bridgehead atoms. The van der Waals surface area contributed by atoms with Crippen LogP contribution < -0.4 is 0 Å².